The van der Waals surface area contributed by atoms with Crippen molar-refractivity contribution in [2.75, 3.05) is 13.2 Å². The highest BCUT2D eigenvalue weighted by Crippen LogP contribution is 2.19. The number of benzene rings is 1. The Balaban J connectivity index is 1.75. The fraction of sp³-hybridized carbons (Fsp3) is 0.304. The van der Waals surface area contributed by atoms with Gasteiger partial charge in [-0.3, -0.25) is 10.1 Å². The minimum Gasteiger partial charge on any atom is -0.336 e. The summed E-state index contributed by atoms with van der Waals surface area (Å²) in [5, 5.41) is 12.9. The molecular formula is C23H27FN7O2+. The summed E-state index contributed by atoms with van der Waals surface area (Å²) in [5.41, 5.74) is 2.76. The van der Waals surface area contributed by atoms with Crippen LogP contribution in [0.2, 0.25) is 0 Å². The van der Waals surface area contributed by atoms with Gasteiger partial charge in [-0.15, -0.1) is 0 Å². The molecule has 3 rings (SSSR count). The van der Waals surface area contributed by atoms with Gasteiger partial charge in [0.1, 0.15) is 22.8 Å². The molecule has 1 unspecified atom stereocenters. The number of aryl methyl sites for hydroxylation is 1. The van der Waals surface area contributed by atoms with Crippen molar-refractivity contribution in [3.05, 3.63) is 59.3 Å². The van der Waals surface area contributed by atoms with Gasteiger partial charge in [0.15, 0.2) is 12.5 Å². The molecule has 0 fully saturated rings. The van der Waals surface area contributed by atoms with E-state index >= 15 is 0 Å². The van der Waals surface area contributed by atoms with Crippen LogP contribution in [0, 0.1) is 18.2 Å². The van der Waals surface area contributed by atoms with Gasteiger partial charge in [-0.25, -0.2) is 14.4 Å². The summed E-state index contributed by atoms with van der Waals surface area (Å²) in [4.78, 5) is 27.6. The highest BCUT2D eigenvalue weighted by Gasteiger charge is 2.25. The first-order valence-corrected chi connectivity index (χ1v) is 10.6. The molecular weight excluding hydrogens is 425 g/mol. The molecule has 0 saturated heterocycles. The van der Waals surface area contributed by atoms with Gasteiger partial charge in [0.25, 0.3) is 11.8 Å². The monoisotopic (exact) mass is 452 g/mol. The Morgan fingerprint density at radius 2 is 2.18 bits per heavy atom. The van der Waals surface area contributed by atoms with E-state index in [2.05, 4.69) is 20.1 Å². The molecule has 2 aromatic heterocycles. The summed E-state index contributed by atoms with van der Waals surface area (Å²) in [6, 6.07) is 8.28. The molecule has 2 heterocycles. The lowest BCUT2D eigenvalue weighted by Crippen LogP contribution is -2.78. The number of hydrogen-bond acceptors (Lipinski definition) is 7. The Labute approximate surface area is 191 Å². The molecule has 33 heavy (non-hydrogen) atoms. The van der Waals surface area contributed by atoms with E-state index < -0.39 is 5.82 Å². The van der Waals surface area contributed by atoms with Crippen LogP contribution in [0.5, 0.6) is 0 Å². The number of pyridine rings is 1. The number of rotatable bonds is 10. The molecule has 0 aliphatic heterocycles. The molecule has 0 aliphatic carbocycles. The maximum absolute atomic E-state index is 13.4. The number of likely N-dealkylation sites (N-methyl/N-ethyl adjacent to an activating group) is 1. The van der Waals surface area contributed by atoms with E-state index in [1.54, 1.807) is 4.90 Å². The molecule has 3 aromatic rings. The third-order valence-electron chi connectivity index (χ3n) is 5.06. The molecule has 0 radical (unpaired) electrons. The fourth-order valence-electron chi connectivity index (χ4n) is 3.43. The molecule has 0 bridgehead atoms. The van der Waals surface area contributed by atoms with Crippen molar-refractivity contribution in [2.45, 2.75) is 33.2 Å². The summed E-state index contributed by atoms with van der Waals surface area (Å²) >= 11 is 0. The molecule has 0 saturated carbocycles. The van der Waals surface area contributed by atoms with Crippen molar-refractivity contribution in [1.29, 1.82) is 5.41 Å². The predicted molar refractivity (Wildman–Crippen MR) is 122 cm³/mol. The molecule has 0 spiro atoms. The number of amides is 1. The van der Waals surface area contributed by atoms with Gasteiger partial charge in [0, 0.05) is 37.5 Å². The Morgan fingerprint density at radius 1 is 1.36 bits per heavy atom. The topological polar surface area (TPSA) is 125 Å². The highest BCUT2D eigenvalue weighted by atomic mass is 19.1. The van der Waals surface area contributed by atoms with E-state index in [1.807, 2.05) is 44.3 Å². The number of aliphatic imine (C=N–C) groups is 1. The van der Waals surface area contributed by atoms with Gasteiger partial charge in [-0.05, 0) is 44.5 Å². The Hall–Kier alpha value is -3.79. The van der Waals surface area contributed by atoms with E-state index in [0.29, 0.717) is 36.7 Å². The second kappa shape index (κ2) is 11.2. The van der Waals surface area contributed by atoms with Crippen molar-refractivity contribution < 1.29 is 19.0 Å². The van der Waals surface area contributed by atoms with Crippen molar-refractivity contribution in [3.63, 3.8) is 0 Å². The number of nitrogens with one attached hydrogen (secondary N) is 1. The quantitative estimate of drug-likeness (QED) is 0.361. The van der Waals surface area contributed by atoms with Crippen LogP contribution in [-0.4, -0.2) is 57.6 Å². The van der Waals surface area contributed by atoms with Crippen LogP contribution in [0.1, 0.15) is 35.6 Å². The number of nitrogens with two attached hydrogens (primary N) is 1. The number of carbonyl (C=O) groups is 1. The van der Waals surface area contributed by atoms with Gasteiger partial charge >= 0.3 is 0 Å². The first-order valence-electron chi connectivity index (χ1n) is 10.6. The van der Waals surface area contributed by atoms with Gasteiger partial charge in [0.05, 0.1) is 6.20 Å². The zero-order valence-corrected chi connectivity index (χ0v) is 18.8. The number of quaternary nitrogens is 1. The van der Waals surface area contributed by atoms with E-state index in [-0.39, 0.29) is 17.8 Å². The number of aromatic nitrogens is 3. The number of nitrogens with zero attached hydrogens (tertiary/aromatic N) is 5. The van der Waals surface area contributed by atoms with E-state index in [0.717, 1.165) is 23.7 Å². The summed E-state index contributed by atoms with van der Waals surface area (Å²) in [6.07, 6.45) is 4.00. The lowest BCUT2D eigenvalue weighted by atomic mass is 10.1. The summed E-state index contributed by atoms with van der Waals surface area (Å²) in [5.74, 6) is 0.0953. The van der Waals surface area contributed by atoms with Gasteiger partial charge < -0.3 is 14.8 Å². The minimum atomic E-state index is -0.446. The SMILES string of the molecule is CCN(C(=O)c1cc(C)ccc1[NH2+]CN=CC=N)C(C)Cc1noc(-c2ccc(F)cn2)n1. The first kappa shape index (κ1) is 23.9. The van der Waals surface area contributed by atoms with Crippen molar-refractivity contribution in [2.24, 2.45) is 4.99 Å². The van der Waals surface area contributed by atoms with Crippen LogP contribution < -0.4 is 5.32 Å². The van der Waals surface area contributed by atoms with Crippen LogP contribution in [0.4, 0.5) is 10.1 Å². The number of halogens is 1. The summed E-state index contributed by atoms with van der Waals surface area (Å²) in [6.45, 7) is 6.68. The second-order valence-corrected chi connectivity index (χ2v) is 7.50. The Morgan fingerprint density at radius 3 is 2.88 bits per heavy atom. The van der Waals surface area contributed by atoms with Crippen molar-refractivity contribution >= 4 is 24.0 Å². The molecule has 0 aliphatic rings. The summed E-state index contributed by atoms with van der Waals surface area (Å²) < 4.78 is 18.4. The number of carbonyl (C=O) groups excluding carboxylic acids is 1. The van der Waals surface area contributed by atoms with E-state index in [4.69, 9.17) is 9.93 Å². The molecule has 9 nitrogen and oxygen atoms in total. The van der Waals surface area contributed by atoms with Crippen LogP contribution in [0.15, 0.2) is 46.0 Å². The van der Waals surface area contributed by atoms with E-state index in [9.17, 15) is 9.18 Å². The molecule has 1 atom stereocenters. The fourth-order valence-corrected chi connectivity index (χ4v) is 3.43. The molecule has 172 valence electrons. The van der Waals surface area contributed by atoms with Gasteiger partial charge in [-0.2, -0.15) is 4.98 Å². The van der Waals surface area contributed by atoms with E-state index in [1.165, 1.54) is 18.3 Å². The van der Waals surface area contributed by atoms with Crippen LogP contribution >= 0.6 is 0 Å². The summed E-state index contributed by atoms with van der Waals surface area (Å²) in [7, 11) is 0. The maximum Gasteiger partial charge on any atom is 0.276 e. The van der Waals surface area contributed by atoms with Crippen LogP contribution in [0.3, 0.4) is 0 Å². The third-order valence-corrected chi connectivity index (χ3v) is 5.06. The predicted octanol–water partition coefficient (Wildman–Crippen LogP) is 2.55. The van der Waals surface area contributed by atoms with Crippen LogP contribution in [-0.2, 0) is 6.42 Å². The molecule has 1 aromatic carbocycles. The second-order valence-electron chi connectivity index (χ2n) is 7.50. The van der Waals surface area contributed by atoms with Gasteiger partial charge in [0.2, 0.25) is 0 Å². The largest absolute Gasteiger partial charge is 0.336 e. The average Bonchev–Trinajstić information content (AvgIpc) is 3.26. The Kier molecular flexibility index (Phi) is 8.09. The third kappa shape index (κ3) is 6.13. The van der Waals surface area contributed by atoms with Crippen molar-refractivity contribution in [3.8, 4) is 11.6 Å². The highest BCUT2D eigenvalue weighted by molar-refractivity contribution is 6.14. The van der Waals surface area contributed by atoms with Crippen LogP contribution in [0.25, 0.3) is 11.6 Å². The lowest BCUT2D eigenvalue weighted by Gasteiger charge is -2.27. The smallest absolute Gasteiger partial charge is 0.276 e. The molecule has 10 heteroatoms. The lowest BCUT2D eigenvalue weighted by molar-refractivity contribution is -0.569. The minimum absolute atomic E-state index is 0.0973. The number of hydrogen-bond donors (Lipinski definition) is 2. The maximum atomic E-state index is 13.4. The first-order chi connectivity index (χ1) is 15.9. The molecule has 3 N–H and O–H groups in total. The Bertz CT molecular complexity index is 1130. The standard InChI is InChI=1S/C23H26FN7O2/c1-4-31(23(32)18-11-15(2)5-7-19(18)28-14-26-10-9-25)16(3)12-21-29-22(33-30-21)20-8-6-17(24)13-27-20/h5-11,13,16,25,28H,4,12,14H2,1-3H3/p+1. The van der Waals surface area contributed by atoms with Crippen molar-refractivity contribution in [1.82, 2.24) is 20.0 Å². The van der Waals surface area contributed by atoms with Gasteiger partial charge in [-0.1, -0.05) is 11.2 Å². The zero-order valence-electron chi connectivity index (χ0n) is 18.8. The molecule has 1 amide bonds. The zero-order chi connectivity index (χ0) is 23.8. The normalized spacial score (nSPS) is 12.1. The average molecular weight is 453 g/mol.